The first kappa shape index (κ1) is 21.9. The van der Waals surface area contributed by atoms with Crippen molar-refractivity contribution in [2.24, 2.45) is 5.92 Å². The number of carbonyl (C=O) groups excluding carboxylic acids is 2. The van der Waals surface area contributed by atoms with E-state index in [0.29, 0.717) is 30.9 Å². The number of hydrogen-bond acceptors (Lipinski definition) is 4. The number of fused-ring (bicyclic) bond motifs is 4. The average molecular weight is 461 g/mol. The second kappa shape index (κ2) is 9.13. The van der Waals surface area contributed by atoms with E-state index in [-0.39, 0.29) is 41.4 Å². The Morgan fingerprint density at radius 1 is 0.971 bits per heavy atom. The van der Waals surface area contributed by atoms with Crippen molar-refractivity contribution in [3.8, 4) is 5.75 Å². The summed E-state index contributed by atoms with van der Waals surface area (Å²) in [4.78, 5) is 40.2. The Hall–Kier alpha value is -3.94. The summed E-state index contributed by atoms with van der Waals surface area (Å²) in [5, 5.41) is 2.66. The number of para-hydroxylation sites is 1. The van der Waals surface area contributed by atoms with Crippen molar-refractivity contribution >= 4 is 17.5 Å². The van der Waals surface area contributed by atoms with Crippen LogP contribution in [-0.2, 0) is 11.3 Å². The Labute approximate surface area is 195 Å². The molecule has 34 heavy (non-hydrogen) atoms. The highest BCUT2D eigenvalue weighted by Gasteiger charge is 2.37. The molecule has 1 aromatic heterocycles. The second-order valence-corrected chi connectivity index (χ2v) is 8.75. The molecule has 0 radical (unpaired) electrons. The fourth-order valence-electron chi connectivity index (χ4n) is 4.83. The van der Waals surface area contributed by atoms with Gasteiger partial charge in [0, 0.05) is 36.8 Å². The molecule has 2 unspecified atom stereocenters. The second-order valence-electron chi connectivity index (χ2n) is 8.75. The van der Waals surface area contributed by atoms with E-state index >= 15 is 0 Å². The van der Waals surface area contributed by atoms with E-state index in [0.717, 1.165) is 12.1 Å². The molecule has 3 heterocycles. The van der Waals surface area contributed by atoms with Crippen molar-refractivity contribution in [2.75, 3.05) is 25.0 Å². The number of ether oxygens (including phenoxy) is 1. The Morgan fingerprint density at radius 2 is 1.74 bits per heavy atom. The van der Waals surface area contributed by atoms with Gasteiger partial charge in [-0.2, -0.15) is 0 Å². The molecule has 2 bridgehead atoms. The summed E-state index contributed by atoms with van der Waals surface area (Å²) in [6.45, 7) is 1.29. The van der Waals surface area contributed by atoms with E-state index in [2.05, 4.69) is 5.32 Å². The highest BCUT2D eigenvalue weighted by Crippen LogP contribution is 2.36. The Balaban J connectivity index is 1.29. The quantitative estimate of drug-likeness (QED) is 0.633. The summed E-state index contributed by atoms with van der Waals surface area (Å²) in [6.07, 6.45) is 0.892. The molecule has 2 amide bonds. The van der Waals surface area contributed by atoms with Crippen LogP contribution in [0.3, 0.4) is 0 Å². The lowest BCUT2D eigenvalue weighted by Crippen LogP contribution is -2.49. The van der Waals surface area contributed by atoms with Gasteiger partial charge in [0.2, 0.25) is 0 Å². The summed E-state index contributed by atoms with van der Waals surface area (Å²) in [5.74, 6) is -0.194. The molecule has 2 atom stereocenters. The molecule has 5 rings (SSSR count). The van der Waals surface area contributed by atoms with Crippen LogP contribution in [0.15, 0.2) is 71.5 Å². The smallest absolute Gasteiger partial charge is 0.274 e. The highest BCUT2D eigenvalue weighted by atomic mass is 19.1. The number of piperidine rings is 1. The van der Waals surface area contributed by atoms with Gasteiger partial charge in [-0.3, -0.25) is 14.4 Å². The van der Waals surface area contributed by atoms with Crippen molar-refractivity contribution in [2.45, 2.75) is 18.9 Å². The number of nitrogens with zero attached hydrogens (tertiary/aromatic N) is 2. The molecule has 0 aliphatic carbocycles. The number of carbonyl (C=O) groups is 2. The largest absolute Gasteiger partial charge is 0.484 e. The van der Waals surface area contributed by atoms with Gasteiger partial charge < -0.3 is 19.5 Å². The van der Waals surface area contributed by atoms with E-state index < -0.39 is 5.91 Å². The van der Waals surface area contributed by atoms with Crippen LogP contribution in [0.25, 0.3) is 0 Å². The third-order valence-electron chi connectivity index (χ3n) is 6.37. The molecule has 174 valence electrons. The Bertz CT molecular complexity index is 1270. The molecular formula is C26H24FN3O4. The van der Waals surface area contributed by atoms with Gasteiger partial charge in [0.05, 0.1) is 0 Å². The molecule has 2 aliphatic heterocycles. The van der Waals surface area contributed by atoms with Crippen molar-refractivity contribution in [1.82, 2.24) is 9.47 Å². The topological polar surface area (TPSA) is 80.6 Å². The monoisotopic (exact) mass is 461 g/mol. The number of halogens is 1. The van der Waals surface area contributed by atoms with E-state index in [9.17, 15) is 18.8 Å². The first-order valence-electron chi connectivity index (χ1n) is 11.2. The molecule has 1 N–H and O–H groups in total. The number of pyridine rings is 1. The molecule has 2 aliphatic rings. The van der Waals surface area contributed by atoms with E-state index in [1.807, 2.05) is 24.3 Å². The summed E-state index contributed by atoms with van der Waals surface area (Å²) in [6, 6.07) is 18.0. The number of hydrogen-bond donors (Lipinski definition) is 1. The predicted octanol–water partition coefficient (Wildman–Crippen LogP) is 3.26. The third kappa shape index (κ3) is 4.44. The summed E-state index contributed by atoms with van der Waals surface area (Å²) in [7, 11) is 0. The van der Waals surface area contributed by atoms with Crippen LogP contribution in [-0.4, -0.2) is 41.0 Å². The molecule has 1 saturated heterocycles. The van der Waals surface area contributed by atoms with E-state index in [4.69, 9.17) is 4.74 Å². The SMILES string of the molecule is O=C(COc1ccccc1)Nc1ccc2n(c1=O)CC1CC2CN(C(=O)c2ccc(F)cc2)C1. The van der Waals surface area contributed by atoms with Gasteiger partial charge in [0.1, 0.15) is 17.3 Å². The van der Waals surface area contributed by atoms with Crippen LogP contribution in [0.1, 0.15) is 28.4 Å². The maximum absolute atomic E-state index is 13.2. The van der Waals surface area contributed by atoms with Gasteiger partial charge in [-0.15, -0.1) is 0 Å². The number of benzene rings is 2. The molecule has 1 fully saturated rings. The van der Waals surface area contributed by atoms with Crippen molar-refractivity contribution in [1.29, 1.82) is 0 Å². The summed E-state index contributed by atoms with van der Waals surface area (Å²) >= 11 is 0. The minimum absolute atomic E-state index is 0.0239. The molecule has 2 aromatic carbocycles. The van der Waals surface area contributed by atoms with Crippen molar-refractivity contribution < 1.29 is 18.7 Å². The molecule has 0 spiro atoms. The van der Waals surface area contributed by atoms with Crippen LogP contribution < -0.4 is 15.6 Å². The van der Waals surface area contributed by atoms with Crippen LogP contribution in [0.4, 0.5) is 10.1 Å². The zero-order valence-corrected chi connectivity index (χ0v) is 18.4. The van der Waals surface area contributed by atoms with Gasteiger partial charge in [-0.25, -0.2) is 4.39 Å². The van der Waals surface area contributed by atoms with Crippen LogP contribution in [0, 0.1) is 11.7 Å². The summed E-state index contributed by atoms with van der Waals surface area (Å²) in [5.41, 5.74) is 1.27. The standard InChI is InChI=1S/C26H24FN3O4/c27-20-8-6-18(7-9-20)25(32)29-13-17-12-19(15-29)23-11-10-22(26(33)30(23)14-17)28-24(31)16-34-21-4-2-1-3-5-21/h1-11,17,19H,12-16H2,(H,28,31). The third-order valence-corrected chi connectivity index (χ3v) is 6.37. The van der Waals surface area contributed by atoms with Crippen molar-refractivity contribution in [3.05, 3.63) is 94.2 Å². The zero-order valence-electron chi connectivity index (χ0n) is 18.4. The molecule has 0 saturated carbocycles. The first-order valence-corrected chi connectivity index (χ1v) is 11.2. The average Bonchev–Trinajstić information content (AvgIpc) is 2.85. The van der Waals surface area contributed by atoms with Crippen LogP contribution in [0.2, 0.25) is 0 Å². The number of amides is 2. The molecule has 7 nitrogen and oxygen atoms in total. The lowest BCUT2D eigenvalue weighted by atomic mass is 9.83. The van der Waals surface area contributed by atoms with Gasteiger partial charge >= 0.3 is 0 Å². The minimum Gasteiger partial charge on any atom is -0.484 e. The minimum atomic E-state index is -0.409. The number of aromatic nitrogens is 1. The Kier molecular flexibility index (Phi) is 5.88. The zero-order chi connectivity index (χ0) is 23.7. The number of rotatable bonds is 5. The summed E-state index contributed by atoms with van der Waals surface area (Å²) < 4.78 is 20.4. The predicted molar refractivity (Wildman–Crippen MR) is 124 cm³/mol. The van der Waals surface area contributed by atoms with Crippen LogP contribution in [0.5, 0.6) is 5.75 Å². The fraction of sp³-hybridized carbons (Fsp3) is 0.269. The van der Waals surface area contributed by atoms with E-state index in [1.165, 1.54) is 24.3 Å². The first-order chi connectivity index (χ1) is 16.5. The fourth-order valence-corrected chi connectivity index (χ4v) is 4.83. The lowest BCUT2D eigenvalue weighted by molar-refractivity contribution is -0.118. The van der Waals surface area contributed by atoms with Crippen LogP contribution >= 0.6 is 0 Å². The van der Waals surface area contributed by atoms with Gasteiger partial charge in [-0.1, -0.05) is 18.2 Å². The highest BCUT2D eigenvalue weighted by molar-refractivity contribution is 5.94. The maximum Gasteiger partial charge on any atom is 0.274 e. The lowest BCUT2D eigenvalue weighted by Gasteiger charge is -2.43. The van der Waals surface area contributed by atoms with E-state index in [1.54, 1.807) is 27.7 Å². The normalized spacial score (nSPS) is 18.7. The van der Waals surface area contributed by atoms with Gasteiger partial charge in [0.15, 0.2) is 6.61 Å². The number of likely N-dealkylation sites (tertiary alicyclic amines) is 1. The van der Waals surface area contributed by atoms with Gasteiger partial charge in [-0.05, 0) is 60.9 Å². The molecular weight excluding hydrogens is 437 g/mol. The molecule has 3 aromatic rings. The number of anilines is 1. The van der Waals surface area contributed by atoms with Gasteiger partial charge in [0.25, 0.3) is 17.4 Å². The van der Waals surface area contributed by atoms with Crippen molar-refractivity contribution in [3.63, 3.8) is 0 Å². The maximum atomic E-state index is 13.2. The number of nitrogens with one attached hydrogen (secondary N) is 1. The molecule has 8 heteroatoms. The Morgan fingerprint density at radius 3 is 2.50 bits per heavy atom.